The van der Waals surface area contributed by atoms with Crippen molar-refractivity contribution in [3.8, 4) is 0 Å². The second-order valence-electron chi connectivity index (χ2n) is 17.3. The van der Waals surface area contributed by atoms with Gasteiger partial charge >= 0.3 is 49.0 Å². The van der Waals surface area contributed by atoms with Crippen LogP contribution in [0, 0.1) is 0 Å². The van der Waals surface area contributed by atoms with Gasteiger partial charge < -0.3 is 38.4 Å². The molecule has 0 saturated carbocycles. The zero-order valence-corrected chi connectivity index (χ0v) is 43.6. The molecule has 19 heteroatoms. The molecule has 1 radical (unpaired) electrons. The number of rotatable bonds is 8. The number of thiol groups is 1. The average molecular weight is 1060 g/mol. The van der Waals surface area contributed by atoms with Crippen LogP contribution in [0.1, 0.15) is 139 Å². The number of carbonyl (C=O) groups excluding carboxylic acids is 5. The first kappa shape index (κ1) is 60.2. The van der Waals surface area contributed by atoms with E-state index in [0.29, 0.717) is 31.3 Å². The SMILES string of the molecule is BrCBr.C=C(C[C@@H]1CCCCN1C(=O)OC(C)(C)C)OC.CC(C)(C)OC(=O)N1CCCC[C@H]1CC(=O)CBr.COC(=O)C[C@@H]1CCCCN1C(=O)OC(C)(C)C.[B]=NS. The number of piperidine rings is 3. The Morgan fingerprint density at radius 3 is 1.18 bits per heavy atom. The molecular weight excluding hydrogens is 991 g/mol. The van der Waals surface area contributed by atoms with Crippen molar-refractivity contribution in [2.24, 2.45) is 4.30 Å². The summed E-state index contributed by atoms with van der Waals surface area (Å²) in [5.74, 6) is 0.571. The fourth-order valence-electron chi connectivity index (χ4n) is 6.26. The number of hydrogen-bond acceptors (Lipinski definition) is 12. The van der Waals surface area contributed by atoms with Crippen LogP contribution in [0.25, 0.3) is 0 Å². The summed E-state index contributed by atoms with van der Waals surface area (Å²) in [6.45, 7) is 22.7. The van der Waals surface area contributed by atoms with Crippen molar-refractivity contribution in [1.82, 2.24) is 14.7 Å². The molecule has 3 atom stereocenters. The van der Waals surface area contributed by atoms with E-state index >= 15 is 0 Å². The Labute approximate surface area is 392 Å². The van der Waals surface area contributed by atoms with Crippen LogP contribution in [0.15, 0.2) is 16.6 Å². The van der Waals surface area contributed by atoms with Crippen molar-refractivity contribution >= 4 is 98.3 Å². The third kappa shape index (κ3) is 29.4. The molecule has 0 bridgehead atoms. The molecule has 3 aliphatic heterocycles. The maximum absolute atomic E-state index is 12.1. The summed E-state index contributed by atoms with van der Waals surface area (Å²) in [6, 6.07) is 0.0562. The molecule has 0 N–H and O–H groups in total. The third-order valence-electron chi connectivity index (χ3n) is 8.76. The number of carbonyl (C=O) groups is 5. The third-order valence-corrected chi connectivity index (χ3v) is 9.39. The molecule has 0 unspecified atom stereocenters. The summed E-state index contributed by atoms with van der Waals surface area (Å²) in [7, 11) is 7.31. The summed E-state index contributed by atoms with van der Waals surface area (Å²) < 4.78 is 29.5. The van der Waals surface area contributed by atoms with Gasteiger partial charge in [0, 0.05) is 50.6 Å². The standard InChI is InChI=1S/C14H25NO3.C13H22BrNO3.C13H23NO4.CH2Br2.BHNS/c1-11(17-5)10-12-8-6-7-9-15(12)13(16)18-14(2,3)4;1-13(2,3)18-12(17)15-7-5-4-6-10(15)8-11(16)9-14;1-13(2,3)18-12(16)14-8-6-5-7-10(14)9-11(15)17-4;2-1-3;1-2-3/h12H,1,6-10H2,2-5H3;10H,4-9H2,1-3H3;10H,5-9H2,1-4H3;1H2;3H/t12-;2*10-;;/m000../s1. The monoisotopic (exact) mass is 1060 g/mol. The number of halogens is 3. The van der Waals surface area contributed by atoms with Gasteiger partial charge in [0.15, 0.2) is 0 Å². The van der Waals surface area contributed by atoms with Crippen LogP contribution in [0.4, 0.5) is 14.4 Å². The first-order valence-electron chi connectivity index (χ1n) is 20.3. The fourth-order valence-corrected chi connectivity index (χ4v) is 6.49. The van der Waals surface area contributed by atoms with Crippen LogP contribution in [-0.4, -0.2) is 131 Å². The molecule has 3 aliphatic rings. The minimum absolute atomic E-state index is 0.00125. The number of alkyl halides is 3. The van der Waals surface area contributed by atoms with Gasteiger partial charge in [0.1, 0.15) is 22.6 Å². The van der Waals surface area contributed by atoms with E-state index in [2.05, 4.69) is 83.9 Å². The number of ether oxygens (including phenoxy) is 5. The minimum atomic E-state index is -0.510. The Hall–Kier alpha value is -1.86. The number of methoxy groups -OCH3 is 2. The van der Waals surface area contributed by atoms with Crippen LogP contribution in [0.3, 0.4) is 0 Å². The van der Waals surface area contributed by atoms with Crippen molar-refractivity contribution < 1.29 is 47.7 Å². The molecule has 3 amide bonds. The Balaban J connectivity index is 0. The number of amides is 3. The van der Waals surface area contributed by atoms with E-state index in [4.69, 9.17) is 18.9 Å². The molecule has 14 nitrogen and oxygen atoms in total. The molecule has 0 aromatic rings. The quantitative estimate of drug-likeness (QED) is 0.0621. The maximum atomic E-state index is 12.1. The van der Waals surface area contributed by atoms with E-state index < -0.39 is 16.8 Å². The van der Waals surface area contributed by atoms with Crippen LogP contribution < -0.4 is 0 Å². The molecule has 0 aliphatic carbocycles. The Morgan fingerprint density at radius 1 is 0.617 bits per heavy atom. The number of esters is 1. The summed E-state index contributed by atoms with van der Waals surface area (Å²) in [4.78, 5) is 64.3. The molecular formula is C41H73BBr3N4O10S. The average Bonchev–Trinajstić information content (AvgIpc) is 3.14. The summed E-state index contributed by atoms with van der Waals surface area (Å²) in [6.07, 6.45) is 9.41. The van der Waals surface area contributed by atoms with Gasteiger partial charge in [0.25, 0.3) is 0 Å². The molecule has 347 valence electrons. The molecule has 3 rings (SSSR count). The first-order valence-corrected chi connectivity index (χ1v) is 24.1. The first-order chi connectivity index (χ1) is 27.8. The summed E-state index contributed by atoms with van der Waals surface area (Å²) in [5.41, 5.74) is -1.44. The Bertz CT molecular complexity index is 1170. The van der Waals surface area contributed by atoms with Gasteiger partial charge in [0.05, 0.1) is 36.0 Å². The molecule has 3 heterocycles. The molecule has 3 fully saturated rings. The molecule has 3 saturated heterocycles. The molecule has 0 aromatic carbocycles. The predicted molar refractivity (Wildman–Crippen MR) is 252 cm³/mol. The van der Waals surface area contributed by atoms with E-state index in [0.717, 1.165) is 74.3 Å². The van der Waals surface area contributed by atoms with Gasteiger partial charge in [-0.2, -0.15) is 0 Å². The molecule has 0 aromatic heterocycles. The van der Waals surface area contributed by atoms with E-state index in [9.17, 15) is 24.0 Å². The van der Waals surface area contributed by atoms with Crippen molar-refractivity contribution in [2.45, 2.75) is 174 Å². The Morgan fingerprint density at radius 2 is 0.917 bits per heavy atom. The normalized spacial score (nSPS) is 19.0. The number of nitrogens with zero attached hydrogens (tertiary/aromatic N) is 4. The van der Waals surface area contributed by atoms with E-state index in [-0.39, 0.29) is 54.6 Å². The van der Waals surface area contributed by atoms with Crippen LogP contribution >= 0.6 is 60.6 Å². The van der Waals surface area contributed by atoms with Gasteiger partial charge in [-0.25, -0.2) is 14.4 Å². The zero-order valence-electron chi connectivity index (χ0n) is 38.0. The van der Waals surface area contributed by atoms with Crippen LogP contribution in [0.5, 0.6) is 0 Å². The van der Waals surface area contributed by atoms with E-state index in [1.165, 1.54) is 7.11 Å². The zero-order chi connectivity index (χ0) is 46.7. The van der Waals surface area contributed by atoms with Gasteiger partial charge in [-0.3, -0.25) is 9.59 Å². The number of hydrogen-bond donors (Lipinski definition) is 1. The second kappa shape index (κ2) is 31.9. The molecule has 0 spiro atoms. The summed E-state index contributed by atoms with van der Waals surface area (Å²) >= 11 is 12.5. The number of ketones is 1. The van der Waals surface area contributed by atoms with Gasteiger partial charge in [0.2, 0.25) is 0 Å². The van der Waals surface area contributed by atoms with E-state index in [1.54, 1.807) is 16.9 Å². The van der Waals surface area contributed by atoms with Crippen molar-refractivity contribution in [1.29, 1.82) is 0 Å². The van der Waals surface area contributed by atoms with Crippen LogP contribution in [0.2, 0.25) is 0 Å². The van der Waals surface area contributed by atoms with Gasteiger partial charge in [-0.1, -0.05) is 54.4 Å². The second-order valence-corrected chi connectivity index (χ2v) is 20.7. The topological polar surface area (TPSA) is 154 Å². The molecule has 60 heavy (non-hydrogen) atoms. The Kier molecular flexibility index (Phi) is 32.0. The number of Topliss-reactive ketones (excluding diaryl/α,β-unsaturated/α-hetero) is 1. The predicted octanol–water partition coefficient (Wildman–Crippen LogP) is 10.7. The van der Waals surface area contributed by atoms with Crippen molar-refractivity contribution in [2.75, 3.05) is 43.4 Å². The van der Waals surface area contributed by atoms with Crippen molar-refractivity contribution in [3.63, 3.8) is 0 Å². The fraction of sp³-hybridized carbons (Fsp3) is 0.829. The van der Waals surface area contributed by atoms with Crippen molar-refractivity contribution in [3.05, 3.63) is 12.3 Å². The number of likely N-dealkylation sites (tertiary alicyclic amines) is 3. The van der Waals surface area contributed by atoms with Crippen LogP contribution in [-0.2, 0) is 33.3 Å². The van der Waals surface area contributed by atoms with E-state index in [1.807, 2.05) is 67.2 Å². The van der Waals surface area contributed by atoms with Gasteiger partial charge in [-0.15, -0.1) is 0 Å². The summed E-state index contributed by atoms with van der Waals surface area (Å²) in [5, 5.41) is 0.353. The van der Waals surface area contributed by atoms with Gasteiger partial charge in [-0.05, 0) is 120 Å².